The van der Waals surface area contributed by atoms with Gasteiger partial charge in [-0.05, 0) is 12.5 Å². The Morgan fingerprint density at radius 3 is 2.29 bits per heavy atom. The zero-order chi connectivity index (χ0) is 12.8. The summed E-state index contributed by atoms with van der Waals surface area (Å²) in [6, 6.07) is 8.53. The lowest BCUT2D eigenvalue weighted by Gasteiger charge is -2.26. The Bertz CT molecular complexity index is 389. The summed E-state index contributed by atoms with van der Waals surface area (Å²) in [4.78, 5) is 24.0. The van der Waals surface area contributed by atoms with Crippen molar-refractivity contribution in [2.75, 3.05) is 6.54 Å². The van der Waals surface area contributed by atoms with Crippen LogP contribution in [0.4, 0.5) is 0 Å². The smallest absolute Gasteiger partial charge is 0.326 e. The first-order valence-electron chi connectivity index (χ1n) is 5.60. The topological polar surface area (TPSA) is 57.6 Å². The van der Waals surface area contributed by atoms with E-state index in [1.165, 1.54) is 11.8 Å². The molecule has 0 saturated carbocycles. The van der Waals surface area contributed by atoms with Gasteiger partial charge >= 0.3 is 5.97 Å². The number of amides is 1. The highest BCUT2D eigenvalue weighted by molar-refractivity contribution is 5.82. The van der Waals surface area contributed by atoms with Crippen molar-refractivity contribution in [1.29, 1.82) is 0 Å². The molecule has 0 fully saturated rings. The van der Waals surface area contributed by atoms with Gasteiger partial charge in [0, 0.05) is 19.9 Å². The van der Waals surface area contributed by atoms with Crippen LogP contribution in [0.25, 0.3) is 0 Å². The molecule has 0 heterocycles. The quantitative estimate of drug-likeness (QED) is 0.842. The van der Waals surface area contributed by atoms with Gasteiger partial charge in [-0.3, -0.25) is 4.79 Å². The maximum absolute atomic E-state index is 11.4. The summed E-state index contributed by atoms with van der Waals surface area (Å²) in [5, 5.41) is 9.19. The predicted octanol–water partition coefficient (Wildman–Crippen LogP) is 1.55. The van der Waals surface area contributed by atoms with Crippen LogP contribution in [0.1, 0.15) is 19.4 Å². The fraction of sp³-hybridized carbons (Fsp3) is 0.385. The molecule has 0 unspecified atom stereocenters. The highest BCUT2D eigenvalue weighted by atomic mass is 16.4. The van der Waals surface area contributed by atoms with Crippen molar-refractivity contribution >= 4 is 11.9 Å². The Balaban J connectivity index is 2.87. The molecule has 92 valence electrons. The van der Waals surface area contributed by atoms with Crippen molar-refractivity contribution in [2.45, 2.75) is 26.3 Å². The number of benzene rings is 1. The fourth-order valence-corrected chi connectivity index (χ4v) is 1.83. The lowest BCUT2D eigenvalue weighted by atomic mass is 10.0. The summed E-state index contributed by atoms with van der Waals surface area (Å²) in [7, 11) is 0. The van der Waals surface area contributed by atoms with Gasteiger partial charge in [0.1, 0.15) is 6.04 Å². The molecule has 0 saturated heterocycles. The normalized spacial score (nSPS) is 11.9. The van der Waals surface area contributed by atoms with Gasteiger partial charge in [-0.2, -0.15) is 0 Å². The summed E-state index contributed by atoms with van der Waals surface area (Å²) in [5.74, 6) is -1.18. The third-order valence-corrected chi connectivity index (χ3v) is 2.68. The standard InChI is InChI=1S/C13H17NO3/c1-3-14(10(2)15)12(13(16)17)9-11-7-5-4-6-8-11/h4-8,12H,3,9H2,1-2H3,(H,16,17)/t12-/m0/s1. The van der Waals surface area contributed by atoms with Gasteiger partial charge in [-0.1, -0.05) is 30.3 Å². The van der Waals surface area contributed by atoms with E-state index in [2.05, 4.69) is 0 Å². The van der Waals surface area contributed by atoms with E-state index in [9.17, 15) is 14.7 Å². The molecule has 1 amide bonds. The minimum Gasteiger partial charge on any atom is -0.480 e. The lowest BCUT2D eigenvalue weighted by molar-refractivity contribution is -0.149. The highest BCUT2D eigenvalue weighted by Crippen LogP contribution is 2.09. The molecule has 0 bridgehead atoms. The Morgan fingerprint density at radius 1 is 1.29 bits per heavy atom. The summed E-state index contributed by atoms with van der Waals surface area (Å²) in [5.41, 5.74) is 0.916. The molecule has 1 N–H and O–H groups in total. The van der Waals surface area contributed by atoms with Gasteiger partial charge in [0.25, 0.3) is 0 Å². The molecule has 1 aromatic rings. The second kappa shape index (κ2) is 6.03. The van der Waals surface area contributed by atoms with Crippen molar-refractivity contribution in [1.82, 2.24) is 4.90 Å². The van der Waals surface area contributed by atoms with Gasteiger partial charge in [-0.15, -0.1) is 0 Å². The Morgan fingerprint density at radius 2 is 1.88 bits per heavy atom. The van der Waals surface area contributed by atoms with Crippen LogP contribution in [0.5, 0.6) is 0 Å². The maximum atomic E-state index is 11.4. The molecule has 4 nitrogen and oxygen atoms in total. The minimum atomic E-state index is -0.967. The fourth-order valence-electron chi connectivity index (χ4n) is 1.83. The van der Waals surface area contributed by atoms with E-state index in [4.69, 9.17) is 0 Å². The second-order valence-electron chi connectivity index (χ2n) is 3.85. The average molecular weight is 235 g/mol. The summed E-state index contributed by atoms with van der Waals surface area (Å²) in [6.07, 6.45) is 0.337. The van der Waals surface area contributed by atoms with Crippen LogP contribution in [0.2, 0.25) is 0 Å². The SMILES string of the molecule is CCN(C(C)=O)[C@@H](Cc1ccccc1)C(=O)O. The third-order valence-electron chi connectivity index (χ3n) is 2.68. The molecular formula is C13H17NO3. The molecular weight excluding hydrogens is 218 g/mol. The number of carbonyl (C=O) groups is 2. The number of aliphatic carboxylic acids is 1. The van der Waals surface area contributed by atoms with Crippen LogP contribution in [0, 0.1) is 0 Å². The van der Waals surface area contributed by atoms with Gasteiger partial charge in [0.05, 0.1) is 0 Å². The molecule has 0 aliphatic heterocycles. The van der Waals surface area contributed by atoms with E-state index in [-0.39, 0.29) is 5.91 Å². The van der Waals surface area contributed by atoms with Crippen molar-refractivity contribution in [3.63, 3.8) is 0 Å². The van der Waals surface area contributed by atoms with E-state index in [0.717, 1.165) is 5.56 Å². The summed E-state index contributed by atoms with van der Waals surface area (Å²) in [6.45, 7) is 3.58. The van der Waals surface area contributed by atoms with Crippen molar-refractivity contribution in [2.24, 2.45) is 0 Å². The molecule has 1 aromatic carbocycles. The van der Waals surface area contributed by atoms with Crippen LogP contribution in [0.3, 0.4) is 0 Å². The Kier molecular flexibility index (Phi) is 4.69. The largest absolute Gasteiger partial charge is 0.480 e. The highest BCUT2D eigenvalue weighted by Gasteiger charge is 2.26. The molecule has 1 atom stereocenters. The number of nitrogens with zero attached hydrogens (tertiary/aromatic N) is 1. The zero-order valence-corrected chi connectivity index (χ0v) is 10.1. The number of hydrogen-bond donors (Lipinski definition) is 1. The third kappa shape index (κ3) is 3.59. The van der Waals surface area contributed by atoms with Gasteiger partial charge in [0.15, 0.2) is 0 Å². The molecule has 4 heteroatoms. The number of rotatable bonds is 5. The first-order chi connectivity index (χ1) is 8.06. The molecule has 17 heavy (non-hydrogen) atoms. The predicted molar refractivity (Wildman–Crippen MR) is 64.6 cm³/mol. The van der Waals surface area contributed by atoms with E-state index < -0.39 is 12.0 Å². The van der Waals surface area contributed by atoms with Crippen LogP contribution in [0.15, 0.2) is 30.3 Å². The van der Waals surface area contributed by atoms with E-state index in [0.29, 0.717) is 13.0 Å². The lowest BCUT2D eigenvalue weighted by Crippen LogP contribution is -2.45. The first-order valence-corrected chi connectivity index (χ1v) is 5.60. The van der Waals surface area contributed by atoms with Crippen LogP contribution < -0.4 is 0 Å². The number of hydrogen-bond acceptors (Lipinski definition) is 2. The Labute approximate surface area is 101 Å². The Hall–Kier alpha value is -1.84. The monoisotopic (exact) mass is 235 g/mol. The maximum Gasteiger partial charge on any atom is 0.326 e. The molecule has 0 radical (unpaired) electrons. The number of carboxylic acids is 1. The summed E-state index contributed by atoms with van der Waals surface area (Å²) < 4.78 is 0. The molecule has 0 aliphatic rings. The van der Waals surface area contributed by atoms with Gasteiger partial charge in [-0.25, -0.2) is 4.79 Å². The number of likely N-dealkylation sites (N-methyl/N-ethyl adjacent to an activating group) is 1. The molecule has 1 rings (SSSR count). The molecule has 0 aromatic heterocycles. The van der Waals surface area contributed by atoms with Gasteiger partial charge in [0.2, 0.25) is 5.91 Å². The first kappa shape index (κ1) is 13.2. The van der Waals surface area contributed by atoms with E-state index >= 15 is 0 Å². The number of carboxylic acid groups (broad SMARTS) is 1. The summed E-state index contributed by atoms with van der Waals surface area (Å²) >= 11 is 0. The van der Waals surface area contributed by atoms with Crippen molar-refractivity contribution < 1.29 is 14.7 Å². The van der Waals surface area contributed by atoms with Crippen LogP contribution in [-0.2, 0) is 16.0 Å². The molecule has 0 spiro atoms. The van der Waals surface area contributed by atoms with Gasteiger partial charge < -0.3 is 10.0 Å². The van der Waals surface area contributed by atoms with Crippen molar-refractivity contribution in [3.8, 4) is 0 Å². The minimum absolute atomic E-state index is 0.212. The van der Waals surface area contributed by atoms with Crippen LogP contribution in [-0.4, -0.2) is 34.5 Å². The average Bonchev–Trinajstić information content (AvgIpc) is 2.29. The second-order valence-corrected chi connectivity index (χ2v) is 3.85. The van der Waals surface area contributed by atoms with E-state index in [1.807, 2.05) is 30.3 Å². The molecule has 0 aliphatic carbocycles. The van der Waals surface area contributed by atoms with E-state index in [1.54, 1.807) is 6.92 Å². The van der Waals surface area contributed by atoms with Crippen LogP contribution >= 0.6 is 0 Å². The zero-order valence-electron chi connectivity index (χ0n) is 10.1. The number of carbonyl (C=O) groups excluding carboxylic acids is 1. The van der Waals surface area contributed by atoms with Crippen molar-refractivity contribution in [3.05, 3.63) is 35.9 Å².